The smallest absolute Gasteiger partial charge is 0.405 e. The van der Waals surface area contributed by atoms with Crippen molar-refractivity contribution in [3.8, 4) is 0 Å². The number of aliphatic hydroxyl groups is 1. The molecule has 3 amide bonds. The van der Waals surface area contributed by atoms with Crippen LogP contribution in [0.3, 0.4) is 0 Å². The third kappa shape index (κ3) is 5.03. The van der Waals surface area contributed by atoms with Crippen molar-refractivity contribution in [1.29, 1.82) is 0 Å². The van der Waals surface area contributed by atoms with Crippen LogP contribution in [0.2, 0.25) is 5.02 Å². The Labute approximate surface area is 178 Å². The van der Waals surface area contributed by atoms with E-state index in [0.29, 0.717) is 37.4 Å². The summed E-state index contributed by atoms with van der Waals surface area (Å²) in [6.45, 7) is 0.671. The second-order valence-corrected chi connectivity index (χ2v) is 7.70. The molecule has 2 aromatic rings. The van der Waals surface area contributed by atoms with E-state index in [0.717, 1.165) is 16.5 Å². The summed E-state index contributed by atoms with van der Waals surface area (Å²) in [5.74, 6) is -0.693. The number of hydrogen-bond donors (Lipinski definition) is 5. The van der Waals surface area contributed by atoms with Gasteiger partial charge in [0.25, 0.3) is 0 Å². The molecule has 9 nitrogen and oxygen atoms in total. The lowest BCUT2D eigenvalue weighted by Crippen LogP contribution is -2.62. The van der Waals surface area contributed by atoms with Gasteiger partial charge in [0, 0.05) is 36.8 Å². The van der Waals surface area contributed by atoms with Crippen LogP contribution in [-0.2, 0) is 16.1 Å². The zero-order valence-corrected chi connectivity index (χ0v) is 17.1. The molecule has 2 atom stereocenters. The Morgan fingerprint density at radius 2 is 2.10 bits per heavy atom. The Morgan fingerprint density at radius 3 is 2.77 bits per heavy atom. The fourth-order valence-corrected chi connectivity index (χ4v) is 3.75. The molecule has 1 fully saturated rings. The Balaban J connectivity index is 1.57. The summed E-state index contributed by atoms with van der Waals surface area (Å²) < 4.78 is 0. The average molecular weight is 437 g/mol. The molecule has 1 saturated heterocycles. The number of aromatic nitrogens is 1. The van der Waals surface area contributed by atoms with Crippen molar-refractivity contribution in [2.75, 3.05) is 13.2 Å². The van der Waals surface area contributed by atoms with E-state index in [1.807, 2.05) is 18.2 Å². The largest absolute Gasteiger partial charge is 0.465 e. The van der Waals surface area contributed by atoms with Gasteiger partial charge in [0.1, 0.15) is 12.1 Å². The number of H-pyrrole nitrogens is 1. The first-order valence-corrected chi connectivity index (χ1v) is 10.2. The number of fused-ring (bicyclic) bond motifs is 1. The second kappa shape index (κ2) is 9.82. The Kier molecular flexibility index (Phi) is 7.17. The summed E-state index contributed by atoms with van der Waals surface area (Å²) in [4.78, 5) is 40.8. The van der Waals surface area contributed by atoms with Crippen LogP contribution in [0.5, 0.6) is 0 Å². The third-order valence-electron chi connectivity index (χ3n) is 5.26. The van der Waals surface area contributed by atoms with Gasteiger partial charge in [-0.25, -0.2) is 4.79 Å². The number of carbonyl (C=O) groups is 3. The molecule has 0 saturated carbocycles. The normalized spacial score (nSPS) is 16.7. The third-order valence-corrected chi connectivity index (χ3v) is 5.58. The molecular formula is C20H25ClN4O5. The first-order chi connectivity index (χ1) is 14.4. The van der Waals surface area contributed by atoms with Crippen molar-refractivity contribution in [1.82, 2.24) is 20.5 Å². The maximum Gasteiger partial charge on any atom is 0.405 e. The molecule has 0 bridgehead atoms. The number of hydrogen-bond acceptors (Lipinski definition) is 4. The molecule has 30 heavy (non-hydrogen) atoms. The number of carboxylic acid groups (broad SMARTS) is 1. The summed E-state index contributed by atoms with van der Waals surface area (Å²) in [6, 6.07) is 4.12. The van der Waals surface area contributed by atoms with E-state index in [1.165, 1.54) is 4.90 Å². The Morgan fingerprint density at radius 1 is 1.30 bits per heavy atom. The molecule has 10 heteroatoms. The number of unbranched alkanes of at least 4 members (excludes halogenated alkanes) is 1. The van der Waals surface area contributed by atoms with Crippen LogP contribution in [0, 0.1) is 0 Å². The summed E-state index contributed by atoms with van der Waals surface area (Å²) >= 11 is 6.13. The van der Waals surface area contributed by atoms with Gasteiger partial charge in [-0.1, -0.05) is 17.7 Å². The molecule has 1 aromatic heterocycles. The van der Waals surface area contributed by atoms with Gasteiger partial charge in [0.05, 0.1) is 5.02 Å². The lowest BCUT2D eigenvalue weighted by Gasteiger charge is -2.41. The first kappa shape index (κ1) is 21.9. The molecule has 0 radical (unpaired) electrons. The molecule has 0 spiro atoms. The minimum atomic E-state index is -1.29. The topological polar surface area (TPSA) is 135 Å². The molecule has 162 valence electrons. The second-order valence-electron chi connectivity index (χ2n) is 7.29. The van der Waals surface area contributed by atoms with E-state index in [-0.39, 0.29) is 18.9 Å². The minimum Gasteiger partial charge on any atom is -0.465 e. The quantitative estimate of drug-likeness (QED) is 0.382. The van der Waals surface area contributed by atoms with Gasteiger partial charge in [0.15, 0.2) is 0 Å². The molecule has 1 aliphatic heterocycles. The van der Waals surface area contributed by atoms with E-state index in [2.05, 4.69) is 15.6 Å². The van der Waals surface area contributed by atoms with Gasteiger partial charge in [-0.2, -0.15) is 0 Å². The van der Waals surface area contributed by atoms with E-state index in [4.69, 9.17) is 21.8 Å². The van der Waals surface area contributed by atoms with Gasteiger partial charge in [-0.05, 0) is 43.4 Å². The number of nitrogens with one attached hydrogen (secondary N) is 3. The highest BCUT2D eigenvalue weighted by Crippen LogP contribution is 2.24. The number of carbonyl (C=O) groups excluding carboxylic acids is 2. The first-order valence-electron chi connectivity index (χ1n) is 9.84. The average Bonchev–Trinajstić information content (AvgIpc) is 3.05. The zero-order valence-electron chi connectivity index (χ0n) is 16.4. The molecule has 1 aromatic carbocycles. The highest BCUT2D eigenvalue weighted by Gasteiger charge is 2.40. The summed E-state index contributed by atoms with van der Waals surface area (Å²) in [5.41, 5.74) is 1.79. The van der Waals surface area contributed by atoms with E-state index in [9.17, 15) is 14.4 Å². The number of rotatable bonds is 9. The van der Waals surface area contributed by atoms with E-state index < -0.39 is 24.1 Å². The lowest BCUT2D eigenvalue weighted by molar-refractivity contribution is -0.149. The number of benzene rings is 1. The maximum absolute atomic E-state index is 12.7. The standard InChI is InChI=1S/C20H25ClN4O5/c21-14-11-22-15-5-4-12(9-13(14)15)10-23-18(27)17-6-7-25(17)19(28)16(24-20(29)30)3-1-2-8-26/h4-5,9,11,16-17,22,24,26H,1-3,6-8,10H2,(H,23,27)(H,29,30). The number of halogens is 1. The fraction of sp³-hybridized carbons (Fsp3) is 0.450. The minimum absolute atomic E-state index is 0.0253. The summed E-state index contributed by atoms with van der Waals surface area (Å²) in [5, 5.41) is 24.4. The molecule has 3 rings (SSSR count). The molecule has 5 N–H and O–H groups in total. The van der Waals surface area contributed by atoms with Crippen LogP contribution in [0.4, 0.5) is 4.79 Å². The van der Waals surface area contributed by atoms with Gasteiger partial charge in [0.2, 0.25) is 11.8 Å². The number of likely N-dealkylation sites (tertiary alicyclic amines) is 1. The number of aliphatic hydroxyl groups excluding tert-OH is 1. The van der Waals surface area contributed by atoms with E-state index in [1.54, 1.807) is 6.20 Å². The summed E-state index contributed by atoms with van der Waals surface area (Å²) in [7, 11) is 0. The fourth-order valence-electron chi connectivity index (χ4n) is 3.54. The van der Waals surface area contributed by atoms with Crippen LogP contribution in [0.25, 0.3) is 10.9 Å². The Hall–Kier alpha value is -2.78. The van der Waals surface area contributed by atoms with Crippen LogP contribution >= 0.6 is 11.6 Å². The molecular weight excluding hydrogens is 412 g/mol. The monoisotopic (exact) mass is 436 g/mol. The predicted molar refractivity (Wildman–Crippen MR) is 111 cm³/mol. The van der Waals surface area contributed by atoms with Crippen LogP contribution in [-0.4, -0.2) is 63.2 Å². The van der Waals surface area contributed by atoms with Crippen molar-refractivity contribution in [3.05, 3.63) is 35.0 Å². The van der Waals surface area contributed by atoms with Gasteiger partial charge in [-0.3, -0.25) is 9.59 Å². The SMILES string of the molecule is O=C(O)NC(CCCCO)C(=O)N1CCC1C(=O)NCc1ccc2[nH]cc(Cl)c2c1. The predicted octanol–water partition coefficient (Wildman–Crippen LogP) is 1.84. The van der Waals surface area contributed by atoms with Gasteiger partial charge < -0.3 is 30.7 Å². The van der Waals surface area contributed by atoms with Crippen molar-refractivity contribution >= 4 is 40.4 Å². The van der Waals surface area contributed by atoms with E-state index >= 15 is 0 Å². The maximum atomic E-state index is 12.7. The van der Waals surface area contributed by atoms with Crippen LogP contribution in [0.15, 0.2) is 24.4 Å². The molecule has 1 aliphatic rings. The molecule has 2 heterocycles. The van der Waals surface area contributed by atoms with Crippen molar-refractivity contribution in [2.45, 2.75) is 44.3 Å². The zero-order chi connectivity index (χ0) is 21.7. The van der Waals surface area contributed by atoms with Crippen molar-refractivity contribution < 1.29 is 24.6 Å². The molecule has 2 unspecified atom stereocenters. The number of aromatic amines is 1. The summed E-state index contributed by atoms with van der Waals surface area (Å²) in [6.07, 6.45) is 2.18. The lowest BCUT2D eigenvalue weighted by atomic mass is 9.98. The van der Waals surface area contributed by atoms with Crippen LogP contribution < -0.4 is 10.6 Å². The van der Waals surface area contributed by atoms with Gasteiger partial charge in [-0.15, -0.1) is 0 Å². The van der Waals surface area contributed by atoms with Crippen molar-refractivity contribution in [3.63, 3.8) is 0 Å². The molecule has 0 aliphatic carbocycles. The Bertz CT molecular complexity index is 931. The van der Waals surface area contributed by atoms with Crippen LogP contribution in [0.1, 0.15) is 31.2 Å². The highest BCUT2D eigenvalue weighted by atomic mass is 35.5. The van der Waals surface area contributed by atoms with Crippen molar-refractivity contribution in [2.24, 2.45) is 0 Å². The van der Waals surface area contributed by atoms with Gasteiger partial charge >= 0.3 is 6.09 Å². The highest BCUT2D eigenvalue weighted by molar-refractivity contribution is 6.35. The number of amides is 3. The number of nitrogens with zero attached hydrogens (tertiary/aromatic N) is 1.